The van der Waals surface area contributed by atoms with Gasteiger partial charge in [-0.2, -0.15) is 0 Å². The van der Waals surface area contributed by atoms with E-state index in [9.17, 15) is 4.79 Å². The summed E-state index contributed by atoms with van der Waals surface area (Å²) in [5.74, 6) is 0.543. The Labute approximate surface area is 114 Å². The summed E-state index contributed by atoms with van der Waals surface area (Å²) >= 11 is 0. The van der Waals surface area contributed by atoms with E-state index in [4.69, 9.17) is 10.5 Å². The van der Waals surface area contributed by atoms with Crippen LogP contribution in [0.25, 0.3) is 0 Å². The van der Waals surface area contributed by atoms with E-state index in [1.165, 1.54) is 0 Å². The number of nitrogen functional groups attached to an aromatic ring is 1. The highest BCUT2D eigenvalue weighted by Crippen LogP contribution is 2.26. The number of methoxy groups -OCH3 is 1. The van der Waals surface area contributed by atoms with Crippen LogP contribution in [-0.2, 0) is 4.79 Å². The maximum Gasteiger partial charge on any atom is 0.238 e. The van der Waals surface area contributed by atoms with Crippen LogP contribution in [-0.4, -0.2) is 38.1 Å². The fourth-order valence-electron chi connectivity index (χ4n) is 1.77. The van der Waals surface area contributed by atoms with Gasteiger partial charge in [0.25, 0.3) is 0 Å². The van der Waals surface area contributed by atoms with E-state index in [-0.39, 0.29) is 5.91 Å². The number of hydrogen-bond donors (Lipinski definition) is 2. The van der Waals surface area contributed by atoms with E-state index in [0.29, 0.717) is 23.7 Å². The smallest absolute Gasteiger partial charge is 0.238 e. The molecular formula is C14H23N3O2. The van der Waals surface area contributed by atoms with Crippen LogP contribution < -0.4 is 15.8 Å². The molecule has 0 saturated heterocycles. The van der Waals surface area contributed by atoms with Gasteiger partial charge in [0, 0.05) is 5.69 Å². The van der Waals surface area contributed by atoms with Gasteiger partial charge in [-0.15, -0.1) is 0 Å². The summed E-state index contributed by atoms with van der Waals surface area (Å²) in [5.41, 5.74) is 6.91. The molecule has 19 heavy (non-hydrogen) atoms. The molecule has 0 fully saturated rings. The van der Waals surface area contributed by atoms with Crippen LogP contribution in [0.1, 0.15) is 19.8 Å². The lowest BCUT2D eigenvalue weighted by molar-refractivity contribution is -0.117. The Kier molecular flexibility index (Phi) is 6.15. The lowest BCUT2D eigenvalue weighted by Gasteiger charge is -2.16. The minimum absolute atomic E-state index is 0.0671. The van der Waals surface area contributed by atoms with Crippen LogP contribution in [0.2, 0.25) is 0 Å². The molecule has 1 aromatic rings. The highest BCUT2D eigenvalue weighted by atomic mass is 16.5. The second-order valence-electron chi connectivity index (χ2n) is 4.60. The molecule has 0 spiro atoms. The van der Waals surface area contributed by atoms with Gasteiger partial charge in [0.15, 0.2) is 0 Å². The van der Waals surface area contributed by atoms with Crippen molar-refractivity contribution in [3.8, 4) is 5.75 Å². The molecule has 0 aromatic heterocycles. The Morgan fingerprint density at radius 2 is 2.21 bits per heavy atom. The van der Waals surface area contributed by atoms with Crippen LogP contribution in [0.5, 0.6) is 5.75 Å². The molecule has 0 unspecified atom stereocenters. The molecule has 0 heterocycles. The number of likely N-dealkylation sites (N-methyl/N-ethyl adjacent to an activating group) is 1. The molecule has 1 rings (SSSR count). The molecule has 5 nitrogen and oxygen atoms in total. The van der Waals surface area contributed by atoms with Gasteiger partial charge in [-0.05, 0) is 38.2 Å². The number of rotatable bonds is 7. The minimum Gasteiger partial charge on any atom is -0.495 e. The van der Waals surface area contributed by atoms with Crippen molar-refractivity contribution in [2.24, 2.45) is 0 Å². The van der Waals surface area contributed by atoms with E-state index in [0.717, 1.165) is 19.4 Å². The van der Waals surface area contributed by atoms with Crippen molar-refractivity contribution in [3.05, 3.63) is 18.2 Å². The summed E-state index contributed by atoms with van der Waals surface area (Å²) in [6.07, 6.45) is 2.21. The van der Waals surface area contributed by atoms with Gasteiger partial charge in [-0.25, -0.2) is 0 Å². The number of carbonyl (C=O) groups excluding carboxylic acids is 1. The molecule has 1 amide bonds. The van der Waals surface area contributed by atoms with Crippen molar-refractivity contribution in [2.75, 3.05) is 38.3 Å². The van der Waals surface area contributed by atoms with Crippen LogP contribution >= 0.6 is 0 Å². The molecule has 0 aliphatic rings. The number of nitrogens with one attached hydrogen (secondary N) is 1. The maximum absolute atomic E-state index is 11.9. The summed E-state index contributed by atoms with van der Waals surface area (Å²) in [6.45, 7) is 3.40. The number of carbonyl (C=O) groups is 1. The Morgan fingerprint density at radius 1 is 1.47 bits per heavy atom. The second kappa shape index (κ2) is 7.63. The molecule has 0 aliphatic heterocycles. The Morgan fingerprint density at radius 3 is 2.84 bits per heavy atom. The zero-order valence-corrected chi connectivity index (χ0v) is 11.9. The lowest BCUT2D eigenvalue weighted by Crippen LogP contribution is -2.31. The molecule has 0 bridgehead atoms. The van der Waals surface area contributed by atoms with Crippen molar-refractivity contribution >= 4 is 17.3 Å². The molecule has 0 atom stereocenters. The molecule has 5 heteroatoms. The minimum atomic E-state index is -0.0671. The van der Waals surface area contributed by atoms with E-state index in [2.05, 4.69) is 12.2 Å². The first kappa shape index (κ1) is 15.3. The lowest BCUT2D eigenvalue weighted by atomic mass is 10.2. The summed E-state index contributed by atoms with van der Waals surface area (Å²) in [5, 5.41) is 2.82. The molecule has 3 N–H and O–H groups in total. The van der Waals surface area contributed by atoms with Gasteiger partial charge in [-0.1, -0.05) is 13.3 Å². The fourth-order valence-corrected chi connectivity index (χ4v) is 1.77. The Balaban J connectivity index is 2.59. The van der Waals surface area contributed by atoms with Gasteiger partial charge in [-0.3, -0.25) is 9.69 Å². The predicted molar refractivity (Wildman–Crippen MR) is 78.4 cm³/mol. The van der Waals surface area contributed by atoms with Crippen molar-refractivity contribution in [1.82, 2.24) is 4.90 Å². The third-order valence-corrected chi connectivity index (χ3v) is 2.80. The number of benzene rings is 1. The van der Waals surface area contributed by atoms with Crippen molar-refractivity contribution in [3.63, 3.8) is 0 Å². The second-order valence-corrected chi connectivity index (χ2v) is 4.60. The normalized spacial score (nSPS) is 10.5. The summed E-state index contributed by atoms with van der Waals surface area (Å²) in [4.78, 5) is 13.9. The van der Waals surface area contributed by atoms with E-state index in [1.807, 2.05) is 11.9 Å². The van der Waals surface area contributed by atoms with Gasteiger partial charge < -0.3 is 15.8 Å². The van der Waals surface area contributed by atoms with Crippen molar-refractivity contribution in [1.29, 1.82) is 0 Å². The molecule has 0 aliphatic carbocycles. The Bertz CT molecular complexity index is 421. The number of hydrogen-bond acceptors (Lipinski definition) is 4. The third kappa shape index (κ3) is 5.18. The molecule has 0 saturated carbocycles. The zero-order valence-electron chi connectivity index (χ0n) is 11.9. The number of nitrogens with two attached hydrogens (primary N) is 1. The summed E-state index contributed by atoms with van der Waals surface area (Å²) in [7, 11) is 3.50. The van der Waals surface area contributed by atoms with Crippen LogP contribution in [0.15, 0.2) is 18.2 Å². The van der Waals surface area contributed by atoms with Crippen LogP contribution in [0.4, 0.5) is 11.4 Å². The van der Waals surface area contributed by atoms with Gasteiger partial charge in [0.2, 0.25) is 5.91 Å². The third-order valence-electron chi connectivity index (χ3n) is 2.80. The monoisotopic (exact) mass is 265 g/mol. The first-order valence-corrected chi connectivity index (χ1v) is 6.48. The van der Waals surface area contributed by atoms with Crippen molar-refractivity contribution < 1.29 is 9.53 Å². The SMILES string of the molecule is CCCCN(C)CC(=O)Nc1cc(N)ccc1OC. The van der Waals surface area contributed by atoms with E-state index in [1.54, 1.807) is 25.3 Å². The highest BCUT2D eigenvalue weighted by molar-refractivity contribution is 5.94. The van der Waals surface area contributed by atoms with Crippen LogP contribution in [0.3, 0.4) is 0 Å². The zero-order chi connectivity index (χ0) is 14.3. The first-order valence-electron chi connectivity index (χ1n) is 6.48. The van der Waals surface area contributed by atoms with Crippen molar-refractivity contribution in [2.45, 2.75) is 19.8 Å². The van der Waals surface area contributed by atoms with Gasteiger partial charge in [0.05, 0.1) is 19.3 Å². The Hall–Kier alpha value is -1.75. The van der Waals surface area contributed by atoms with Gasteiger partial charge in [0.1, 0.15) is 5.75 Å². The number of ether oxygens (including phenoxy) is 1. The number of anilines is 2. The number of amides is 1. The first-order chi connectivity index (χ1) is 9.06. The maximum atomic E-state index is 11.9. The predicted octanol–water partition coefficient (Wildman–Crippen LogP) is 1.95. The molecule has 106 valence electrons. The molecule has 1 aromatic carbocycles. The average Bonchev–Trinajstić information content (AvgIpc) is 2.36. The highest BCUT2D eigenvalue weighted by Gasteiger charge is 2.10. The number of nitrogens with zero attached hydrogens (tertiary/aromatic N) is 1. The summed E-state index contributed by atoms with van der Waals surface area (Å²) < 4.78 is 5.19. The van der Waals surface area contributed by atoms with E-state index < -0.39 is 0 Å². The number of unbranched alkanes of at least 4 members (excludes halogenated alkanes) is 1. The fraction of sp³-hybridized carbons (Fsp3) is 0.500. The summed E-state index contributed by atoms with van der Waals surface area (Å²) in [6, 6.07) is 5.18. The van der Waals surface area contributed by atoms with Gasteiger partial charge >= 0.3 is 0 Å². The molecular weight excluding hydrogens is 242 g/mol. The van der Waals surface area contributed by atoms with E-state index >= 15 is 0 Å². The average molecular weight is 265 g/mol. The molecule has 0 radical (unpaired) electrons. The largest absolute Gasteiger partial charge is 0.495 e. The topological polar surface area (TPSA) is 67.6 Å². The quantitative estimate of drug-likeness (QED) is 0.739. The van der Waals surface area contributed by atoms with Crippen LogP contribution in [0, 0.1) is 0 Å². The standard InChI is InChI=1S/C14H23N3O2/c1-4-5-8-17(2)10-14(18)16-12-9-11(15)6-7-13(12)19-3/h6-7,9H,4-5,8,10,15H2,1-3H3,(H,16,18).